The van der Waals surface area contributed by atoms with Crippen LogP contribution in [0.1, 0.15) is 26.0 Å². The summed E-state index contributed by atoms with van der Waals surface area (Å²) in [7, 11) is 0. The van der Waals surface area contributed by atoms with Crippen molar-refractivity contribution in [1.29, 1.82) is 0 Å². The van der Waals surface area contributed by atoms with Crippen LogP contribution in [-0.2, 0) is 6.54 Å². The fraction of sp³-hybridized carbons (Fsp3) is 0.429. The molecule has 2 aromatic heterocycles. The maximum atomic E-state index is 11.9. The van der Waals surface area contributed by atoms with Crippen molar-refractivity contribution in [2.75, 3.05) is 0 Å². The van der Waals surface area contributed by atoms with Crippen LogP contribution >= 0.6 is 0 Å². The van der Waals surface area contributed by atoms with Crippen LogP contribution in [0.5, 0.6) is 0 Å². The van der Waals surface area contributed by atoms with Crippen molar-refractivity contribution in [2.45, 2.75) is 39.0 Å². The van der Waals surface area contributed by atoms with Crippen LogP contribution in [0.25, 0.3) is 5.65 Å². The van der Waals surface area contributed by atoms with Crippen molar-refractivity contribution in [1.82, 2.24) is 14.7 Å². The van der Waals surface area contributed by atoms with E-state index in [0.717, 1.165) is 0 Å². The van der Waals surface area contributed by atoms with E-state index in [1.807, 2.05) is 19.1 Å². The lowest BCUT2D eigenvalue weighted by Crippen LogP contribution is -2.29. The molecule has 2 N–H and O–H groups in total. The first-order valence-corrected chi connectivity index (χ1v) is 6.45. The average Bonchev–Trinajstić information content (AvgIpc) is 2.36. The van der Waals surface area contributed by atoms with Gasteiger partial charge in [0.15, 0.2) is 0 Å². The molecule has 5 heteroatoms. The summed E-state index contributed by atoms with van der Waals surface area (Å²) in [4.78, 5) is 16.3. The molecule has 0 aliphatic carbocycles. The summed E-state index contributed by atoms with van der Waals surface area (Å²) in [6, 6.07) is 7.18. The molecule has 0 aliphatic heterocycles. The molecule has 2 aromatic rings. The zero-order chi connectivity index (χ0) is 13.8. The van der Waals surface area contributed by atoms with Gasteiger partial charge in [-0.3, -0.25) is 9.20 Å². The second-order valence-electron chi connectivity index (χ2n) is 4.88. The van der Waals surface area contributed by atoms with Gasteiger partial charge in [0.2, 0.25) is 0 Å². The lowest BCUT2D eigenvalue weighted by molar-refractivity contribution is 0.170. The van der Waals surface area contributed by atoms with Gasteiger partial charge in [-0.15, -0.1) is 0 Å². The number of aliphatic hydroxyl groups is 1. The Hall–Kier alpha value is -1.72. The monoisotopic (exact) mass is 261 g/mol. The Labute approximate surface area is 111 Å². The van der Waals surface area contributed by atoms with Crippen LogP contribution in [0.15, 0.2) is 35.3 Å². The molecule has 2 rings (SSSR count). The van der Waals surface area contributed by atoms with E-state index < -0.39 is 0 Å². The third kappa shape index (κ3) is 3.62. The third-order valence-corrected chi connectivity index (χ3v) is 2.95. The molecule has 0 saturated carbocycles. The minimum absolute atomic E-state index is 0.0782. The number of rotatable bonds is 5. The van der Waals surface area contributed by atoms with Crippen LogP contribution in [0.3, 0.4) is 0 Å². The number of nitrogens with one attached hydrogen (secondary N) is 1. The van der Waals surface area contributed by atoms with Crippen LogP contribution in [-0.4, -0.2) is 26.6 Å². The Morgan fingerprint density at radius 1 is 1.42 bits per heavy atom. The summed E-state index contributed by atoms with van der Waals surface area (Å²) in [5, 5.41) is 12.5. The molecule has 2 heterocycles. The normalized spacial score (nSPS) is 14.5. The predicted molar refractivity (Wildman–Crippen MR) is 74.1 cm³/mol. The summed E-state index contributed by atoms with van der Waals surface area (Å²) >= 11 is 0. The van der Waals surface area contributed by atoms with Crippen molar-refractivity contribution < 1.29 is 5.11 Å². The fourth-order valence-electron chi connectivity index (χ4n) is 2.07. The molecule has 5 nitrogen and oxygen atoms in total. The summed E-state index contributed by atoms with van der Waals surface area (Å²) < 4.78 is 1.52. The van der Waals surface area contributed by atoms with Crippen LogP contribution in [0, 0.1) is 0 Å². The van der Waals surface area contributed by atoms with Crippen LogP contribution in [0.2, 0.25) is 0 Å². The zero-order valence-corrected chi connectivity index (χ0v) is 11.2. The highest BCUT2D eigenvalue weighted by Gasteiger charge is 2.07. The van der Waals surface area contributed by atoms with Crippen molar-refractivity contribution in [3.8, 4) is 0 Å². The second-order valence-corrected chi connectivity index (χ2v) is 4.88. The molecule has 102 valence electrons. The SMILES string of the molecule is CC(O)CC(C)NCc1cc(=O)n2ccccc2n1. The van der Waals surface area contributed by atoms with E-state index in [2.05, 4.69) is 10.3 Å². The maximum absolute atomic E-state index is 11.9. The number of aliphatic hydroxyl groups excluding tert-OH is 1. The summed E-state index contributed by atoms with van der Waals surface area (Å²) in [5.74, 6) is 0. The Balaban J connectivity index is 2.11. The first kappa shape index (κ1) is 13.7. The molecule has 19 heavy (non-hydrogen) atoms. The molecule has 0 radical (unpaired) electrons. The van der Waals surface area contributed by atoms with Gasteiger partial charge in [0.25, 0.3) is 5.56 Å². The van der Waals surface area contributed by atoms with E-state index in [9.17, 15) is 9.90 Å². The topological polar surface area (TPSA) is 66.6 Å². The van der Waals surface area contributed by atoms with Gasteiger partial charge in [-0.05, 0) is 32.4 Å². The second kappa shape index (κ2) is 5.95. The number of pyridine rings is 1. The molecule has 2 unspecified atom stereocenters. The van der Waals surface area contributed by atoms with Gasteiger partial charge < -0.3 is 10.4 Å². The Kier molecular flexibility index (Phi) is 4.29. The summed E-state index contributed by atoms with van der Waals surface area (Å²) in [6.07, 6.45) is 2.04. The fourth-order valence-corrected chi connectivity index (χ4v) is 2.07. The summed E-state index contributed by atoms with van der Waals surface area (Å²) in [5.41, 5.74) is 1.29. The lowest BCUT2D eigenvalue weighted by atomic mass is 10.1. The van der Waals surface area contributed by atoms with Gasteiger partial charge in [-0.25, -0.2) is 4.98 Å². The van der Waals surface area contributed by atoms with Gasteiger partial charge in [-0.1, -0.05) is 6.07 Å². The van der Waals surface area contributed by atoms with E-state index in [1.165, 1.54) is 10.5 Å². The minimum atomic E-state index is -0.335. The molecule has 0 saturated heterocycles. The molecule has 0 aliphatic rings. The van der Waals surface area contributed by atoms with E-state index in [1.54, 1.807) is 19.2 Å². The number of hydrogen-bond acceptors (Lipinski definition) is 4. The van der Waals surface area contributed by atoms with Crippen molar-refractivity contribution in [3.05, 3.63) is 46.5 Å². The molecule has 0 fully saturated rings. The maximum Gasteiger partial charge on any atom is 0.258 e. The highest BCUT2D eigenvalue weighted by Crippen LogP contribution is 2.01. The number of fused-ring (bicyclic) bond motifs is 1. The van der Waals surface area contributed by atoms with E-state index in [0.29, 0.717) is 24.3 Å². The van der Waals surface area contributed by atoms with E-state index in [-0.39, 0.29) is 17.7 Å². The Morgan fingerprint density at radius 2 is 2.21 bits per heavy atom. The van der Waals surface area contributed by atoms with Gasteiger partial charge in [0, 0.05) is 24.8 Å². The molecule has 0 spiro atoms. The molecule has 0 aromatic carbocycles. The molecule has 2 atom stereocenters. The average molecular weight is 261 g/mol. The molecule has 0 amide bonds. The van der Waals surface area contributed by atoms with Gasteiger partial charge in [0.1, 0.15) is 5.65 Å². The van der Waals surface area contributed by atoms with E-state index >= 15 is 0 Å². The lowest BCUT2D eigenvalue weighted by Gasteiger charge is -2.15. The van der Waals surface area contributed by atoms with Gasteiger partial charge in [-0.2, -0.15) is 0 Å². The summed E-state index contributed by atoms with van der Waals surface area (Å²) in [6.45, 7) is 4.29. The smallest absolute Gasteiger partial charge is 0.258 e. The molecular weight excluding hydrogens is 242 g/mol. The standard InChI is InChI=1S/C14H19N3O2/c1-10(7-11(2)18)15-9-12-8-14(19)17-6-4-3-5-13(17)16-12/h3-6,8,10-11,15,18H,7,9H2,1-2H3. The van der Waals surface area contributed by atoms with E-state index in [4.69, 9.17) is 0 Å². The predicted octanol–water partition coefficient (Wildman–Crippen LogP) is 0.943. The first-order chi connectivity index (χ1) is 9.06. The largest absolute Gasteiger partial charge is 0.393 e. The van der Waals surface area contributed by atoms with Gasteiger partial charge >= 0.3 is 0 Å². The number of hydrogen-bond donors (Lipinski definition) is 2. The minimum Gasteiger partial charge on any atom is -0.393 e. The zero-order valence-electron chi connectivity index (χ0n) is 11.2. The van der Waals surface area contributed by atoms with Crippen molar-refractivity contribution in [2.24, 2.45) is 0 Å². The van der Waals surface area contributed by atoms with Crippen LogP contribution in [0.4, 0.5) is 0 Å². The highest BCUT2D eigenvalue weighted by molar-refractivity contribution is 5.37. The van der Waals surface area contributed by atoms with Crippen molar-refractivity contribution >= 4 is 5.65 Å². The van der Waals surface area contributed by atoms with Crippen LogP contribution < -0.4 is 10.9 Å². The first-order valence-electron chi connectivity index (χ1n) is 6.45. The quantitative estimate of drug-likeness (QED) is 0.840. The Morgan fingerprint density at radius 3 is 2.95 bits per heavy atom. The van der Waals surface area contributed by atoms with Crippen molar-refractivity contribution in [3.63, 3.8) is 0 Å². The molecular formula is C14H19N3O2. The Bertz CT molecular complexity index is 607. The number of nitrogens with zero attached hydrogens (tertiary/aromatic N) is 2. The third-order valence-electron chi connectivity index (χ3n) is 2.95. The highest BCUT2D eigenvalue weighted by atomic mass is 16.3. The van der Waals surface area contributed by atoms with Gasteiger partial charge in [0.05, 0.1) is 11.8 Å². The number of aromatic nitrogens is 2. The molecule has 0 bridgehead atoms.